The molecule has 0 amide bonds. The van der Waals surface area contributed by atoms with Crippen LogP contribution in [0, 0.1) is 0 Å². The Balaban J connectivity index is 1.29. The molecule has 0 unspecified atom stereocenters. The Morgan fingerprint density at radius 3 is 1.67 bits per heavy atom. The topological polar surface area (TPSA) is 166 Å². The summed E-state index contributed by atoms with van der Waals surface area (Å²) in [5.41, 5.74) is 5.23. The van der Waals surface area contributed by atoms with Crippen molar-refractivity contribution >= 4 is 45.4 Å². The molecule has 4 rings (SSSR count). The summed E-state index contributed by atoms with van der Waals surface area (Å²) >= 11 is 0. The molecule has 2 aromatic heterocycles. The normalized spacial score (nSPS) is 11.4. The minimum absolute atomic E-state index is 0.0123. The van der Waals surface area contributed by atoms with E-state index in [0.29, 0.717) is 51.9 Å². The lowest BCUT2D eigenvalue weighted by molar-refractivity contribution is -0.143. The van der Waals surface area contributed by atoms with E-state index in [4.69, 9.17) is 19.8 Å². The standard InChI is InChI=1S/C32H44N6O7/c1-35-28-12-10-24(22-26(28)33-29(35)5-3-7-31(42)43)38(15-19-41)16-20-45-32(44)8-4-6-30-34-25-21-23(9-11-27(25)36(30)2)37(13-17-39)14-18-40/h9-12,21-22,39-41H,3-8,13-20H2,1-2H3,(H,42,43). The minimum Gasteiger partial charge on any atom is -0.481 e. The molecular formula is C32H44N6O7. The second-order valence-corrected chi connectivity index (χ2v) is 11.0. The number of aromatic nitrogens is 4. The minimum atomic E-state index is -0.824. The number of carboxylic acids is 1. The second-order valence-electron chi connectivity index (χ2n) is 11.0. The van der Waals surface area contributed by atoms with Crippen molar-refractivity contribution in [2.75, 3.05) is 62.4 Å². The van der Waals surface area contributed by atoms with E-state index in [9.17, 15) is 24.9 Å². The molecule has 0 aliphatic rings. The summed E-state index contributed by atoms with van der Waals surface area (Å²) in [6.07, 6.45) is 2.60. The average molecular weight is 625 g/mol. The van der Waals surface area contributed by atoms with E-state index in [0.717, 1.165) is 45.1 Å². The summed E-state index contributed by atoms with van der Waals surface area (Å²) in [4.78, 5) is 36.7. The fourth-order valence-electron chi connectivity index (χ4n) is 5.55. The summed E-state index contributed by atoms with van der Waals surface area (Å²) < 4.78 is 9.51. The maximum absolute atomic E-state index is 12.5. The smallest absolute Gasteiger partial charge is 0.305 e. The molecule has 2 heterocycles. The lowest BCUT2D eigenvalue weighted by Gasteiger charge is -2.23. The highest BCUT2D eigenvalue weighted by Gasteiger charge is 2.15. The molecule has 0 fully saturated rings. The number of anilines is 2. The molecule has 244 valence electrons. The number of aliphatic hydroxyl groups excluding tert-OH is 3. The van der Waals surface area contributed by atoms with Crippen LogP contribution in [0.25, 0.3) is 22.1 Å². The van der Waals surface area contributed by atoms with Gasteiger partial charge in [0, 0.05) is 70.8 Å². The van der Waals surface area contributed by atoms with Crippen molar-refractivity contribution in [2.24, 2.45) is 14.1 Å². The highest BCUT2D eigenvalue weighted by molar-refractivity contribution is 5.81. The van der Waals surface area contributed by atoms with E-state index in [-0.39, 0.29) is 45.2 Å². The Labute approximate surface area is 262 Å². The van der Waals surface area contributed by atoms with Crippen LogP contribution in [0.15, 0.2) is 36.4 Å². The zero-order chi connectivity index (χ0) is 32.3. The SMILES string of the molecule is Cn1c(CCCC(=O)O)nc2cc(N(CCO)CCOC(=O)CCCc3nc4cc(N(CCO)CCO)ccc4n3C)ccc21. The van der Waals surface area contributed by atoms with Crippen molar-refractivity contribution < 1.29 is 34.8 Å². The summed E-state index contributed by atoms with van der Waals surface area (Å²) in [6, 6.07) is 11.7. The van der Waals surface area contributed by atoms with Gasteiger partial charge in [-0.3, -0.25) is 9.59 Å². The van der Waals surface area contributed by atoms with Crippen LogP contribution < -0.4 is 9.80 Å². The number of esters is 1. The first-order valence-corrected chi connectivity index (χ1v) is 15.4. The molecule has 0 aliphatic carbocycles. The quantitative estimate of drug-likeness (QED) is 0.113. The first kappa shape index (κ1) is 33.7. The number of ether oxygens (including phenoxy) is 1. The van der Waals surface area contributed by atoms with Crippen LogP contribution in [0.4, 0.5) is 11.4 Å². The molecule has 0 saturated carbocycles. The zero-order valence-electron chi connectivity index (χ0n) is 26.1. The molecule has 0 aliphatic heterocycles. The number of aliphatic carboxylic acids is 1. The van der Waals surface area contributed by atoms with Crippen LogP contribution in [0.5, 0.6) is 0 Å². The average Bonchev–Trinajstić information content (AvgIpc) is 3.50. The van der Waals surface area contributed by atoms with Crippen molar-refractivity contribution in [3.8, 4) is 0 Å². The van der Waals surface area contributed by atoms with Gasteiger partial charge in [0.25, 0.3) is 0 Å². The summed E-state index contributed by atoms with van der Waals surface area (Å²) in [6.45, 7) is 1.71. The Morgan fingerprint density at radius 1 is 0.733 bits per heavy atom. The lowest BCUT2D eigenvalue weighted by atomic mass is 10.2. The Morgan fingerprint density at radius 2 is 1.20 bits per heavy atom. The molecule has 0 saturated heterocycles. The third kappa shape index (κ3) is 8.71. The predicted molar refractivity (Wildman–Crippen MR) is 172 cm³/mol. The fraction of sp³-hybridized carbons (Fsp3) is 0.500. The molecule has 45 heavy (non-hydrogen) atoms. The number of benzene rings is 2. The van der Waals surface area contributed by atoms with Gasteiger partial charge >= 0.3 is 11.9 Å². The summed E-state index contributed by atoms with van der Waals surface area (Å²) in [5, 5.41) is 37.3. The van der Waals surface area contributed by atoms with Crippen molar-refractivity contribution in [3.63, 3.8) is 0 Å². The molecular weight excluding hydrogens is 580 g/mol. The fourth-order valence-corrected chi connectivity index (χ4v) is 5.55. The third-order valence-corrected chi connectivity index (χ3v) is 7.95. The van der Waals surface area contributed by atoms with Gasteiger partial charge in [0.15, 0.2) is 0 Å². The van der Waals surface area contributed by atoms with Gasteiger partial charge in [-0.15, -0.1) is 0 Å². The maximum atomic E-state index is 12.5. The number of aryl methyl sites for hydroxylation is 4. The van der Waals surface area contributed by atoms with E-state index >= 15 is 0 Å². The molecule has 0 radical (unpaired) electrons. The molecule has 4 N–H and O–H groups in total. The molecule has 13 heteroatoms. The Bertz CT molecular complexity index is 1580. The van der Waals surface area contributed by atoms with Crippen LogP contribution in [0.1, 0.15) is 37.3 Å². The number of carbonyl (C=O) groups is 2. The number of imidazole rings is 2. The zero-order valence-corrected chi connectivity index (χ0v) is 26.1. The summed E-state index contributed by atoms with van der Waals surface area (Å²) in [7, 11) is 3.86. The largest absolute Gasteiger partial charge is 0.481 e. The molecule has 4 aromatic rings. The van der Waals surface area contributed by atoms with Crippen LogP contribution in [0.3, 0.4) is 0 Å². The number of fused-ring (bicyclic) bond motifs is 2. The van der Waals surface area contributed by atoms with Gasteiger partial charge in [-0.2, -0.15) is 0 Å². The number of hydrogen-bond donors (Lipinski definition) is 4. The Kier molecular flexibility index (Phi) is 12.1. The van der Waals surface area contributed by atoms with Crippen molar-refractivity contribution in [3.05, 3.63) is 48.0 Å². The molecule has 2 aromatic carbocycles. The van der Waals surface area contributed by atoms with Gasteiger partial charge in [-0.25, -0.2) is 9.97 Å². The van der Waals surface area contributed by atoms with Crippen LogP contribution >= 0.6 is 0 Å². The molecule has 0 bridgehead atoms. The number of rotatable bonds is 19. The number of nitrogens with zero attached hydrogens (tertiary/aromatic N) is 6. The molecule has 0 spiro atoms. The van der Waals surface area contributed by atoms with Gasteiger partial charge < -0.3 is 44.1 Å². The molecule has 0 atom stereocenters. The van der Waals surface area contributed by atoms with E-state index < -0.39 is 5.97 Å². The van der Waals surface area contributed by atoms with Crippen molar-refractivity contribution in [1.82, 2.24) is 19.1 Å². The maximum Gasteiger partial charge on any atom is 0.305 e. The number of hydrogen-bond acceptors (Lipinski definition) is 10. The van der Waals surface area contributed by atoms with Gasteiger partial charge in [-0.1, -0.05) is 0 Å². The third-order valence-electron chi connectivity index (χ3n) is 7.95. The number of carboxylic acid groups (broad SMARTS) is 1. The van der Waals surface area contributed by atoms with Gasteiger partial charge in [0.05, 0.1) is 48.4 Å². The highest BCUT2D eigenvalue weighted by atomic mass is 16.5. The number of carbonyl (C=O) groups excluding carboxylic acids is 1. The van der Waals surface area contributed by atoms with Gasteiger partial charge in [-0.05, 0) is 49.2 Å². The van der Waals surface area contributed by atoms with E-state index in [1.807, 2.05) is 69.4 Å². The monoisotopic (exact) mass is 624 g/mol. The number of aliphatic hydroxyl groups is 3. The summed E-state index contributed by atoms with van der Waals surface area (Å²) in [5.74, 6) is 0.553. The second kappa shape index (κ2) is 16.2. The van der Waals surface area contributed by atoms with Crippen LogP contribution in [0.2, 0.25) is 0 Å². The van der Waals surface area contributed by atoms with E-state index in [2.05, 4.69) is 0 Å². The van der Waals surface area contributed by atoms with Gasteiger partial charge in [0.1, 0.15) is 18.3 Å². The van der Waals surface area contributed by atoms with E-state index in [1.165, 1.54) is 0 Å². The van der Waals surface area contributed by atoms with Gasteiger partial charge in [0.2, 0.25) is 0 Å². The van der Waals surface area contributed by atoms with Crippen molar-refractivity contribution in [2.45, 2.75) is 38.5 Å². The predicted octanol–water partition coefficient (Wildman–Crippen LogP) is 2.02. The van der Waals surface area contributed by atoms with E-state index in [1.54, 1.807) is 0 Å². The Hall–Kier alpha value is -4.20. The first-order valence-electron chi connectivity index (χ1n) is 15.4. The molecule has 13 nitrogen and oxygen atoms in total. The first-order chi connectivity index (χ1) is 21.7. The van der Waals surface area contributed by atoms with Crippen LogP contribution in [-0.2, 0) is 41.3 Å². The van der Waals surface area contributed by atoms with Crippen molar-refractivity contribution in [1.29, 1.82) is 0 Å². The van der Waals surface area contributed by atoms with Crippen LogP contribution in [-0.4, -0.2) is 104 Å². The highest BCUT2D eigenvalue weighted by Crippen LogP contribution is 2.25. The lowest BCUT2D eigenvalue weighted by Crippen LogP contribution is -2.31.